The third kappa shape index (κ3) is 3.11. The second kappa shape index (κ2) is 4.45. The highest BCUT2D eigenvalue weighted by Crippen LogP contribution is 1.93. The summed E-state index contributed by atoms with van der Waals surface area (Å²) in [4.78, 5) is 10.4. The van der Waals surface area contributed by atoms with Crippen molar-refractivity contribution < 1.29 is 14.3 Å². The minimum absolute atomic E-state index is 0.252. The molecule has 4 heteroatoms. The molecule has 0 amide bonds. The van der Waals surface area contributed by atoms with Gasteiger partial charge in [-0.05, 0) is 0 Å². The van der Waals surface area contributed by atoms with Crippen molar-refractivity contribution in [2.75, 3.05) is 6.61 Å². The Hall–Kier alpha value is -1.58. The summed E-state index contributed by atoms with van der Waals surface area (Å²) in [6, 6.07) is 5.14. The lowest BCUT2D eigenvalue weighted by molar-refractivity contribution is -0.614. The maximum absolute atomic E-state index is 11.1. The molecule has 4 nitrogen and oxygen atoms in total. The molecule has 0 saturated carbocycles. The topological polar surface area (TPSA) is 53.2 Å². The molecule has 0 aliphatic rings. The molecule has 0 bridgehead atoms. The molecule has 0 aliphatic heterocycles. The van der Waals surface area contributed by atoms with E-state index < -0.39 is 0 Å². The van der Waals surface area contributed by atoms with E-state index in [4.69, 9.17) is 4.74 Å². The maximum Gasteiger partial charge on any atom is 0.302 e. The summed E-state index contributed by atoms with van der Waals surface area (Å²) < 4.78 is 5.48. The Bertz CT molecular complexity index is 299. The van der Waals surface area contributed by atoms with Crippen molar-refractivity contribution in [2.45, 2.75) is 13.3 Å². The summed E-state index contributed by atoms with van der Waals surface area (Å²) >= 11 is 0. The van der Waals surface area contributed by atoms with E-state index in [2.05, 4.69) is 0 Å². The molecular formula is C9H11NO3. The fourth-order valence-electron chi connectivity index (χ4n) is 0.957. The molecule has 0 unspecified atom stereocenters. The van der Waals surface area contributed by atoms with E-state index in [1.165, 1.54) is 13.1 Å². The summed E-state index contributed by atoms with van der Waals surface area (Å²) in [6.07, 6.45) is 1.87. The van der Waals surface area contributed by atoms with Crippen molar-refractivity contribution in [3.8, 4) is 0 Å². The van der Waals surface area contributed by atoms with E-state index in [-0.39, 0.29) is 12.6 Å². The molecule has 0 N–H and O–H groups in total. The van der Waals surface area contributed by atoms with Crippen LogP contribution in [0.5, 0.6) is 0 Å². The first kappa shape index (κ1) is 9.51. The van der Waals surface area contributed by atoms with Gasteiger partial charge in [-0.25, -0.2) is 0 Å². The van der Waals surface area contributed by atoms with Gasteiger partial charge in [0.2, 0.25) is 0 Å². The summed E-state index contributed by atoms with van der Waals surface area (Å²) in [5.41, 5.74) is 0.601. The van der Waals surface area contributed by atoms with Gasteiger partial charge in [-0.15, -0.1) is 0 Å². The monoisotopic (exact) mass is 181 g/mol. The highest BCUT2D eigenvalue weighted by molar-refractivity contribution is 5.65. The van der Waals surface area contributed by atoms with Gasteiger partial charge in [-0.3, -0.25) is 4.79 Å². The second-order valence-corrected chi connectivity index (χ2v) is 2.61. The van der Waals surface area contributed by atoms with E-state index in [1.807, 2.05) is 0 Å². The molecule has 70 valence electrons. The smallest absolute Gasteiger partial charge is 0.302 e. The lowest BCUT2D eigenvalue weighted by Crippen LogP contribution is -2.31. The molecular weight excluding hydrogens is 170 g/mol. The van der Waals surface area contributed by atoms with Crippen LogP contribution >= 0.6 is 0 Å². The molecule has 0 aliphatic carbocycles. The number of hydrogen-bond donors (Lipinski definition) is 0. The van der Waals surface area contributed by atoms with Crippen LogP contribution in [0.25, 0.3) is 0 Å². The van der Waals surface area contributed by atoms with Crippen molar-refractivity contribution >= 4 is 5.97 Å². The molecule has 1 aromatic heterocycles. The van der Waals surface area contributed by atoms with Gasteiger partial charge >= 0.3 is 5.97 Å². The van der Waals surface area contributed by atoms with Gasteiger partial charge in [0.15, 0.2) is 11.9 Å². The Morgan fingerprint density at radius 1 is 1.62 bits per heavy atom. The number of aromatic nitrogens is 1. The van der Waals surface area contributed by atoms with Crippen molar-refractivity contribution in [3.05, 3.63) is 35.3 Å². The van der Waals surface area contributed by atoms with Crippen molar-refractivity contribution in [1.29, 1.82) is 0 Å². The molecule has 0 saturated heterocycles. The van der Waals surface area contributed by atoms with Crippen molar-refractivity contribution in [3.63, 3.8) is 0 Å². The predicted molar refractivity (Wildman–Crippen MR) is 45.7 cm³/mol. The van der Waals surface area contributed by atoms with Crippen LogP contribution < -0.4 is 4.73 Å². The van der Waals surface area contributed by atoms with Gasteiger partial charge in [-0.2, -0.15) is 4.73 Å². The summed E-state index contributed by atoms with van der Waals surface area (Å²) in [5.74, 6) is -0.326. The lowest BCUT2D eigenvalue weighted by Gasteiger charge is -2.03. The minimum atomic E-state index is -0.326. The first-order chi connectivity index (χ1) is 6.20. The SMILES string of the molecule is CC(=O)OCCc1cccc[n+]1[O-]. The first-order valence-electron chi connectivity index (χ1n) is 4.00. The van der Waals surface area contributed by atoms with Crippen LogP contribution in [0.15, 0.2) is 24.4 Å². The fraction of sp³-hybridized carbons (Fsp3) is 0.333. The van der Waals surface area contributed by atoms with E-state index in [9.17, 15) is 10.0 Å². The number of carbonyl (C=O) groups is 1. The van der Waals surface area contributed by atoms with Gasteiger partial charge in [-0.1, -0.05) is 6.07 Å². The second-order valence-electron chi connectivity index (χ2n) is 2.61. The summed E-state index contributed by atoms with van der Waals surface area (Å²) in [7, 11) is 0. The molecule has 0 aromatic carbocycles. The molecule has 0 spiro atoms. The zero-order valence-electron chi connectivity index (χ0n) is 7.40. The zero-order chi connectivity index (χ0) is 9.68. The van der Waals surface area contributed by atoms with Crippen LogP contribution in [-0.4, -0.2) is 12.6 Å². The van der Waals surface area contributed by atoms with Crippen LogP contribution in [0.2, 0.25) is 0 Å². The van der Waals surface area contributed by atoms with E-state index >= 15 is 0 Å². The first-order valence-corrected chi connectivity index (χ1v) is 4.00. The van der Waals surface area contributed by atoms with E-state index in [0.717, 1.165) is 4.73 Å². The van der Waals surface area contributed by atoms with Gasteiger partial charge < -0.3 is 9.94 Å². The van der Waals surface area contributed by atoms with Crippen LogP contribution in [0.1, 0.15) is 12.6 Å². The Balaban J connectivity index is 2.45. The van der Waals surface area contributed by atoms with Crippen LogP contribution in [-0.2, 0) is 16.0 Å². The van der Waals surface area contributed by atoms with Crippen LogP contribution in [0.3, 0.4) is 0 Å². The number of ether oxygens (including phenoxy) is 1. The fourth-order valence-corrected chi connectivity index (χ4v) is 0.957. The molecule has 0 atom stereocenters. The normalized spacial score (nSPS) is 9.62. The standard InChI is InChI=1S/C9H11NO3/c1-8(11)13-7-5-9-4-2-3-6-10(9)12/h2-4,6H,5,7H2,1H3. The number of rotatable bonds is 3. The third-order valence-electron chi connectivity index (χ3n) is 1.57. The number of pyridine rings is 1. The number of hydrogen-bond acceptors (Lipinski definition) is 3. The highest BCUT2D eigenvalue weighted by atomic mass is 16.5. The average Bonchev–Trinajstić information content (AvgIpc) is 2.08. The van der Waals surface area contributed by atoms with Gasteiger partial charge in [0.1, 0.15) is 6.61 Å². The largest absolute Gasteiger partial charge is 0.619 e. The number of carbonyl (C=O) groups excluding carboxylic acids is 1. The Kier molecular flexibility index (Phi) is 3.25. The number of esters is 1. The Morgan fingerprint density at radius 2 is 2.38 bits per heavy atom. The average molecular weight is 181 g/mol. The summed E-state index contributed by atoms with van der Waals surface area (Å²) in [5, 5.41) is 11.1. The van der Waals surface area contributed by atoms with Crippen LogP contribution in [0, 0.1) is 5.21 Å². The lowest BCUT2D eigenvalue weighted by atomic mass is 10.3. The molecule has 0 fully saturated rings. The predicted octanol–water partition coefficient (Wildman–Crippen LogP) is 0.426. The third-order valence-corrected chi connectivity index (χ3v) is 1.57. The van der Waals surface area contributed by atoms with Gasteiger partial charge in [0.05, 0.1) is 6.42 Å². The van der Waals surface area contributed by atoms with Gasteiger partial charge in [0, 0.05) is 19.1 Å². The van der Waals surface area contributed by atoms with Crippen molar-refractivity contribution in [2.24, 2.45) is 0 Å². The Morgan fingerprint density at radius 3 is 3.00 bits per heavy atom. The maximum atomic E-state index is 11.1. The van der Waals surface area contributed by atoms with Crippen molar-refractivity contribution in [1.82, 2.24) is 0 Å². The number of nitrogens with zero attached hydrogens (tertiary/aromatic N) is 1. The molecule has 0 radical (unpaired) electrons. The van der Waals surface area contributed by atoms with E-state index in [1.54, 1.807) is 18.2 Å². The molecule has 1 rings (SSSR count). The van der Waals surface area contributed by atoms with Gasteiger partial charge in [0.25, 0.3) is 0 Å². The zero-order valence-corrected chi connectivity index (χ0v) is 7.40. The Labute approximate surface area is 76.3 Å². The minimum Gasteiger partial charge on any atom is -0.619 e. The molecule has 1 heterocycles. The summed E-state index contributed by atoms with van der Waals surface area (Å²) in [6.45, 7) is 1.60. The quantitative estimate of drug-likeness (QED) is 0.386. The molecule has 1 aromatic rings. The van der Waals surface area contributed by atoms with E-state index in [0.29, 0.717) is 12.1 Å². The van der Waals surface area contributed by atoms with Crippen LogP contribution in [0.4, 0.5) is 0 Å². The molecule has 13 heavy (non-hydrogen) atoms. The highest BCUT2D eigenvalue weighted by Gasteiger charge is 2.03.